The molecule has 0 fully saturated rings. The fraction of sp³-hybridized carbons (Fsp3) is 0.0667. The fourth-order valence-electron chi connectivity index (χ4n) is 2.02. The van der Waals surface area contributed by atoms with E-state index >= 15 is 0 Å². The SMILES string of the molecule is O=C(O)c1cc(Cc2nc3ccccc3s2)ccc1F. The van der Waals surface area contributed by atoms with Gasteiger partial charge in [-0.15, -0.1) is 11.3 Å². The van der Waals surface area contributed by atoms with Crippen LogP contribution in [0.4, 0.5) is 4.39 Å². The van der Waals surface area contributed by atoms with Crippen molar-refractivity contribution in [1.29, 1.82) is 0 Å². The van der Waals surface area contributed by atoms with Crippen LogP contribution in [0.2, 0.25) is 0 Å². The third kappa shape index (κ3) is 2.40. The van der Waals surface area contributed by atoms with Crippen molar-refractivity contribution in [2.24, 2.45) is 0 Å². The monoisotopic (exact) mass is 287 g/mol. The van der Waals surface area contributed by atoms with E-state index in [9.17, 15) is 9.18 Å². The number of benzene rings is 2. The second-order valence-electron chi connectivity index (χ2n) is 4.37. The van der Waals surface area contributed by atoms with Crippen molar-refractivity contribution in [3.8, 4) is 0 Å². The fourth-order valence-corrected chi connectivity index (χ4v) is 3.02. The molecule has 1 heterocycles. The van der Waals surface area contributed by atoms with Gasteiger partial charge in [-0.05, 0) is 29.8 Å². The molecule has 0 saturated heterocycles. The standard InChI is InChI=1S/C15H10FNO2S/c16-11-6-5-9(7-10(11)15(18)19)8-14-17-12-3-1-2-4-13(12)20-14/h1-7H,8H2,(H,18,19). The van der Waals surface area contributed by atoms with E-state index in [-0.39, 0.29) is 5.56 Å². The number of carbonyl (C=O) groups is 1. The van der Waals surface area contributed by atoms with Crippen molar-refractivity contribution in [2.75, 3.05) is 0 Å². The number of carboxylic acids is 1. The van der Waals surface area contributed by atoms with Gasteiger partial charge < -0.3 is 5.11 Å². The lowest BCUT2D eigenvalue weighted by atomic mass is 10.1. The predicted octanol–water partition coefficient (Wildman–Crippen LogP) is 3.72. The number of para-hydroxylation sites is 1. The molecule has 100 valence electrons. The van der Waals surface area contributed by atoms with Gasteiger partial charge in [-0.1, -0.05) is 18.2 Å². The van der Waals surface area contributed by atoms with Crippen molar-refractivity contribution < 1.29 is 14.3 Å². The molecule has 3 nitrogen and oxygen atoms in total. The lowest BCUT2D eigenvalue weighted by Gasteiger charge is -2.01. The minimum absolute atomic E-state index is 0.302. The van der Waals surface area contributed by atoms with Gasteiger partial charge in [0.05, 0.1) is 20.8 Å². The predicted molar refractivity (Wildman–Crippen MR) is 75.8 cm³/mol. The second-order valence-corrected chi connectivity index (χ2v) is 5.49. The molecule has 0 radical (unpaired) electrons. The Kier molecular flexibility index (Phi) is 3.20. The van der Waals surface area contributed by atoms with E-state index in [0.717, 1.165) is 20.8 Å². The number of hydrogen-bond donors (Lipinski definition) is 1. The molecule has 0 unspecified atom stereocenters. The number of rotatable bonds is 3. The van der Waals surface area contributed by atoms with Gasteiger partial charge in [-0.3, -0.25) is 0 Å². The summed E-state index contributed by atoms with van der Waals surface area (Å²) in [6, 6.07) is 11.9. The first-order chi connectivity index (χ1) is 9.63. The van der Waals surface area contributed by atoms with Crippen LogP contribution in [0, 0.1) is 5.82 Å². The molecule has 2 aromatic carbocycles. The van der Waals surface area contributed by atoms with Gasteiger partial charge in [0.1, 0.15) is 5.82 Å². The molecule has 1 N–H and O–H groups in total. The molecule has 3 aromatic rings. The van der Waals surface area contributed by atoms with Crippen LogP contribution in [0.1, 0.15) is 20.9 Å². The van der Waals surface area contributed by atoms with E-state index in [4.69, 9.17) is 5.11 Å². The molecular weight excluding hydrogens is 277 g/mol. The Bertz CT molecular complexity index is 764. The lowest BCUT2D eigenvalue weighted by Crippen LogP contribution is -2.02. The molecule has 0 aliphatic rings. The highest BCUT2D eigenvalue weighted by Gasteiger charge is 2.12. The Balaban J connectivity index is 1.94. The molecule has 0 saturated carbocycles. The summed E-state index contributed by atoms with van der Waals surface area (Å²) in [5, 5.41) is 9.80. The van der Waals surface area contributed by atoms with Crippen LogP contribution in [-0.2, 0) is 6.42 Å². The first kappa shape index (κ1) is 12.7. The number of nitrogens with zero attached hydrogens (tertiary/aromatic N) is 1. The van der Waals surface area contributed by atoms with Crippen molar-refractivity contribution in [3.05, 3.63) is 64.4 Å². The van der Waals surface area contributed by atoms with Crippen LogP contribution in [0.15, 0.2) is 42.5 Å². The topological polar surface area (TPSA) is 50.2 Å². The minimum atomic E-state index is -1.26. The quantitative estimate of drug-likeness (QED) is 0.798. The van der Waals surface area contributed by atoms with E-state index < -0.39 is 11.8 Å². The van der Waals surface area contributed by atoms with Crippen LogP contribution < -0.4 is 0 Å². The number of aromatic nitrogens is 1. The molecular formula is C15H10FNO2S. The molecule has 0 atom stereocenters. The largest absolute Gasteiger partial charge is 0.478 e. The Hall–Kier alpha value is -2.27. The summed E-state index contributed by atoms with van der Waals surface area (Å²) >= 11 is 1.56. The average Bonchev–Trinajstić information content (AvgIpc) is 2.82. The van der Waals surface area contributed by atoms with Gasteiger partial charge in [-0.2, -0.15) is 0 Å². The van der Waals surface area contributed by atoms with E-state index in [2.05, 4.69) is 4.98 Å². The normalized spacial score (nSPS) is 10.8. The van der Waals surface area contributed by atoms with Gasteiger partial charge in [0.15, 0.2) is 0 Å². The Morgan fingerprint density at radius 3 is 2.80 bits per heavy atom. The van der Waals surface area contributed by atoms with Gasteiger partial charge in [0, 0.05) is 6.42 Å². The molecule has 1 aromatic heterocycles. The number of halogens is 1. The van der Waals surface area contributed by atoms with Crippen molar-refractivity contribution >= 4 is 27.5 Å². The molecule has 0 amide bonds. The van der Waals surface area contributed by atoms with Crippen LogP contribution in [0.5, 0.6) is 0 Å². The van der Waals surface area contributed by atoms with E-state index in [1.165, 1.54) is 12.1 Å². The molecule has 5 heteroatoms. The van der Waals surface area contributed by atoms with Crippen LogP contribution in [0.25, 0.3) is 10.2 Å². The number of aromatic carboxylic acids is 1. The summed E-state index contributed by atoms with van der Waals surface area (Å²) in [6.45, 7) is 0. The summed E-state index contributed by atoms with van der Waals surface area (Å²) in [5.41, 5.74) is 1.36. The highest BCUT2D eigenvalue weighted by atomic mass is 32.1. The zero-order valence-electron chi connectivity index (χ0n) is 10.3. The van der Waals surface area contributed by atoms with Gasteiger partial charge >= 0.3 is 5.97 Å². The Labute approximate surface area is 118 Å². The van der Waals surface area contributed by atoms with E-state index in [0.29, 0.717) is 6.42 Å². The summed E-state index contributed by atoms with van der Waals surface area (Å²) in [7, 11) is 0. The molecule has 0 aliphatic carbocycles. The molecule has 0 spiro atoms. The zero-order chi connectivity index (χ0) is 14.1. The third-order valence-electron chi connectivity index (χ3n) is 2.95. The molecule has 0 bridgehead atoms. The smallest absolute Gasteiger partial charge is 0.338 e. The Morgan fingerprint density at radius 1 is 1.25 bits per heavy atom. The van der Waals surface area contributed by atoms with Crippen molar-refractivity contribution in [3.63, 3.8) is 0 Å². The summed E-state index contributed by atoms with van der Waals surface area (Å²) < 4.78 is 14.4. The second kappa shape index (κ2) is 5.02. The maximum Gasteiger partial charge on any atom is 0.338 e. The van der Waals surface area contributed by atoms with Crippen LogP contribution in [0.3, 0.4) is 0 Å². The molecule has 0 aliphatic heterocycles. The van der Waals surface area contributed by atoms with E-state index in [1.54, 1.807) is 17.4 Å². The van der Waals surface area contributed by atoms with E-state index in [1.807, 2.05) is 24.3 Å². The molecule has 3 rings (SSSR count). The average molecular weight is 287 g/mol. The number of fused-ring (bicyclic) bond motifs is 1. The summed E-state index contributed by atoms with van der Waals surface area (Å²) in [4.78, 5) is 15.4. The first-order valence-electron chi connectivity index (χ1n) is 5.99. The van der Waals surface area contributed by atoms with Gasteiger partial charge in [0.25, 0.3) is 0 Å². The van der Waals surface area contributed by atoms with Crippen LogP contribution in [-0.4, -0.2) is 16.1 Å². The molecule has 20 heavy (non-hydrogen) atoms. The number of hydrogen-bond acceptors (Lipinski definition) is 3. The first-order valence-corrected chi connectivity index (χ1v) is 6.81. The van der Waals surface area contributed by atoms with Crippen molar-refractivity contribution in [2.45, 2.75) is 6.42 Å². The van der Waals surface area contributed by atoms with Crippen molar-refractivity contribution in [1.82, 2.24) is 4.98 Å². The highest BCUT2D eigenvalue weighted by Crippen LogP contribution is 2.24. The lowest BCUT2D eigenvalue weighted by molar-refractivity contribution is 0.0691. The van der Waals surface area contributed by atoms with Gasteiger partial charge in [-0.25, -0.2) is 14.2 Å². The minimum Gasteiger partial charge on any atom is -0.478 e. The van der Waals surface area contributed by atoms with Gasteiger partial charge in [0.2, 0.25) is 0 Å². The Morgan fingerprint density at radius 2 is 2.05 bits per heavy atom. The highest BCUT2D eigenvalue weighted by molar-refractivity contribution is 7.18. The number of thiazole rings is 1. The maximum absolute atomic E-state index is 13.3. The summed E-state index contributed by atoms with van der Waals surface area (Å²) in [5.74, 6) is -1.97. The van der Waals surface area contributed by atoms with Crippen LogP contribution >= 0.6 is 11.3 Å². The summed E-state index contributed by atoms with van der Waals surface area (Å²) in [6.07, 6.45) is 0.500. The third-order valence-corrected chi connectivity index (χ3v) is 3.99. The zero-order valence-corrected chi connectivity index (χ0v) is 11.2. The number of carboxylic acid groups (broad SMARTS) is 1. The maximum atomic E-state index is 13.3.